The Kier molecular flexibility index (Phi) is 3.81. The molecule has 0 saturated heterocycles. The molecule has 0 saturated carbocycles. The van der Waals surface area contributed by atoms with Crippen LogP contribution in [0, 0.1) is 0 Å². The summed E-state index contributed by atoms with van der Waals surface area (Å²) in [6.45, 7) is 0.737. The molecule has 102 valence electrons. The van der Waals surface area contributed by atoms with E-state index in [0.29, 0.717) is 10.8 Å². The van der Waals surface area contributed by atoms with Crippen molar-refractivity contribution in [3.63, 3.8) is 0 Å². The molecule has 0 aliphatic heterocycles. The molecule has 0 fully saturated rings. The third kappa shape index (κ3) is 2.60. The number of anilines is 1. The number of methoxy groups -OCH3 is 1. The van der Waals surface area contributed by atoms with Crippen molar-refractivity contribution in [1.82, 2.24) is 0 Å². The summed E-state index contributed by atoms with van der Waals surface area (Å²) in [6.07, 6.45) is 0. The van der Waals surface area contributed by atoms with E-state index >= 15 is 0 Å². The van der Waals surface area contributed by atoms with Gasteiger partial charge in [-0.1, -0.05) is 29.8 Å². The zero-order chi connectivity index (χ0) is 13.9. The van der Waals surface area contributed by atoms with E-state index in [1.807, 2.05) is 18.2 Å². The highest BCUT2D eigenvalue weighted by Gasteiger charge is 2.04. The largest absolute Gasteiger partial charge is 0.495 e. The molecular weight excluding hydrogens is 290 g/mol. The summed E-state index contributed by atoms with van der Waals surface area (Å²) in [7, 11) is 1.62. The van der Waals surface area contributed by atoms with E-state index in [9.17, 15) is 0 Å². The van der Waals surface area contributed by atoms with E-state index < -0.39 is 0 Å². The van der Waals surface area contributed by atoms with E-state index in [2.05, 4.69) is 35.0 Å². The van der Waals surface area contributed by atoms with Gasteiger partial charge in [-0.05, 0) is 40.6 Å². The quantitative estimate of drug-likeness (QED) is 0.717. The van der Waals surface area contributed by atoms with Crippen molar-refractivity contribution in [2.45, 2.75) is 6.54 Å². The Morgan fingerprint density at radius 1 is 1.20 bits per heavy atom. The second-order valence-electron chi connectivity index (χ2n) is 4.47. The van der Waals surface area contributed by atoms with Crippen LogP contribution in [0.3, 0.4) is 0 Å². The number of fused-ring (bicyclic) bond motifs is 1. The van der Waals surface area contributed by atoms with Crippen molar-refractivity contribution < 1.29 is 4.74 Å². The lowest BCUT2D eigenvalue weighted by atomic mass is 10.2. The highest BCUT2D eigenvalue weighted by atomic mass is 35.5. The molecule has 1 aromatic heterocycles. The normalized spacial score (nSPS) is 10.7. The molecule has 1 N–H and O–H groups in total. The zero-order valence-electron chi connectivity index (χ0n) is 11.0. The third-order valence-electron chi connectivity index (χ3n) is 3.18. The standard InChI is InChI=1S/C16H14ClNOS/c1-19-15-6-5-11(9-13(15)17)10-18-14-4-2-3-12-7-8-20-16(12)14/h2-9,18H,10H2,1H3. The van der Waals surface area contributed by atoms with E-state index in [1.165, 1.54) is 10.1 Å². The van der Waals surface area contributed by atoms with Crippen molar-refractivity contribution in [2.24, 2.45) is 0 Å². The fraction of sp³-hybridized carbons (Fsp3) is 0.125. The number of hydrogen-bond donors (Lipinski definition) is 1. The van der Waals surface area contributed by atoms with Crippen molar-refractivity contribution in [3.8, 4) is 5.75 Å². The molecule has 0 aliphatic rings. The van der Waals surface area contributed by atoms with Crippen LogP contribution in [0.1, 0.15) is 5.56 Å². The maximum atomic E-state index is 6.14. The lowest BCUT2D eigenvalue weighted by molar-refractivity contribution is 0.415. The first kappa shape index (κ1) is 13.3. The minimum Gasteiger partial charge on any atom is -0.495 e. The van der Waals surface area contributed by atoms with Crippen molar-refractivity contribution >= 4 is 38.7 Å². The van der Waals surface area contributed by atoms with Crippen LogP contribution in [0.2, 0.25) is 5.02 Å². The molecule has 1 heterocycles. The van der Waals surface area contributed by atoms with Gasteiger partial charge in [-0.15, -0.1) is 11.3 Å². The van der Waals surface area contributed by atoms with E-state index in [0.717, 1.165) is 17.8 Å². The molecule has 0 aliphatic carbocycles. The first-order chi connectivity index (χ1) is 9.78. The Bertz CT molecular complexity index is 738. The number of thiophene rings is 1. The highest BCUT2D eigenvalue weighted by molar-refractivity contribution is 7.17. The SMILES string of the molecule is COc1ccc(CNc2cccc3ccsc23)cc1Cl. The zero-order valence-corrected chi connectivity index (χ0v) is 12.6. The van der Waals surface area contributed by atoms with Gasteiger partial charge >= 0.3 is 0 Å². The third-order valence-corrected chi connectivity index (χ3v) is 4.44. The molecule has 2 nitrogen and oxygen atoms in total. The predicted molar refractivity (Wildman–Crippen MR) is 87.2 cm³/mol. The molecule has 0 bridgehead atoms. The molecule has 0 atom stereocenters. The fourth-order valence-electron chi connectivity index (χ4n) is 2.15. The van der Waals surface area contributed by atoms with Crippen molar-refractivity contribution in [3.05, 3.63) is 58.4 Å². The molecule has 2 aromatic carbocycles. The first-order valence-corrected chi connectivity index (χ1v) is 7.56. The summed E-state index contributed by atoms with van der Waals surface area (Å²) in [5.74, 6) is 0.704. The molecule has 3 aromatic rings. The van der Waals surface area contributed by atoms with Gasteiger partial charge < -0.3 is 10.1 Å². The maximum Gasteiger partial charge on any atom is 0.137 e. The summed E-state index contributed by atoms with van der Waals surface area (Å²) >= 11 is 7.89. The highest BCUT2D eigenvalue weighted by Crippen LogP contribution is 2.29. The summed E-state index contributed by atoms with van der Waals surface area (Å²) in [6, 6.07) is 14.3. The summed E-state index contributed by atoms with van der Waals surface area (Å²) in [5, 5.41) is 7.49. The first-order valence-electron chi connectivity index (χ1n) is 6.30. The second kappa shape index (κ2) is 5.73. The van der Waals surface area contributed by atoms with Gasteiger partial charge in [0.15, 0.2) is 0 Å². The topological polar surface area (TPSA) is 21.3 Å². The van der Waals surface area contributed by atoms with Crippen LogP contribution >= 0.6 is 22.9 Å². The summed E-state index contributed by atoms with van der Waals surface area (Å²) in [5.41, 5.74) is 2.29. The minimum absolute atomic E-state index is 0.640. The van der Waals surface area contributed by atoms with Crippen LogP contribution in [0.5, 0.6) is 5.75 Å². The minimum atomic E-state index is 0.640. The fourth-order valence-corrected chi connectivity index (χ4v) is 3.32. The van der Waals surface area contributed by atoms with Crippen molar-refractivity contribution in [1.29, 1.82) is 0 Å². The Balaban J connectivity index is 1.79. The molecule has 0 radical (unpaired) electrons. The Morgan fingerprint density at radius 2 is 2.10 bits per heavy atom. The predicted octanol–water partition coefficient (Wildman–Crippen LogP) is 5.18. The van der Waals surface area contributed by atoms with Gasteiger partial charge in [0.2, 0.25) is 0 Å². The smallest absolute Gasteiger partial charge is 0.137 e. The van der Waals surface area contributed by atoms with Gasteiger partial charge in [0.25, 0.3) is 0 Å². The average molecular weight is 304 g/mol. The summed E-state index contributed by atoms with van der Waals surface area (Å²) < 4.78 is 6.44. The van der Waals surface area contributed by atoms with Gasteiger partial charge in [0, 0.05) is 6.54 Å². The molecule has 4 heteroatoms. The van der Waals surface area contributed by atoms with Gasteiger partial charge in [-0.3, -0.25) is 0 Å². The molecule has 0 spiro atoms. The van der Waals surface area contributed by atoms with E-state index in [4.69, 9.17) is 16.3 Å². The molecule has 0 unspecified atom stereocenters. The van der Waals surface area contributed by atoms with E-state index in [1.54, 1.807) is 18.4 Å². The van der Waals surface area contributed by atoms with Crippen LogP contribution in [-0.4, -0.2) is 7.11 Å². The maximum absolute atomic E-state index is 6.14. The average Bonchev–Trinajstić information content (AvgIpc) is 2.94. The molecule has 20 heavy (non-hydrogen) atoms. The number of rotatable bonds is 4. The van der Waals surface area contributed by atoms with Crippen LogP contribution in [0.4, 0.5) is 5.69 Å². The Hall–Kier alpha value is -1.71. The molecular formula is C16H14ClNOS. The van der Waals surface area contributed by atoms with Crippen LogP contribution in [-0.2, 0) is 6.54 Å². The van der Waals surface area contributed by atoms with Gasteiger partial charge in [-0.25, -0.2) is 0 Å². The lowest BCUT2D eigenvalue weighted by Gasteiger charge is -2.09. The van der Waals surface area contributed by atoms with Crippen LogP contribution in [0.25, 0.3) is 10.1 Å². The lowest BCUT2D eigenvalue weighted by Crippen LogP contribution is -1.99. The number of nitrogens with one attached hydrogen (secondary N) is 1. The number of ether oxygens (including phenoxy) is 1. The van der Waals surface area contributed by atoms with Gasteiger partial charge in [0.1, 0.15) is 5.75 Å². The van der Waals surface area contributed by atoms with Crippen molar-refractivity contribution in [2.75, 3.05) is 12.4 Å². The second-order valence-corrected chi connectivity index (χ2v) is 5.79. The number of halogens is 1. The molecule has 0 amide bonds. The monoisotopic (exact) mass is 303 g/mol. The number of hydrogen-bond acceptors (Lipinski definition) is 3. The van der Waals surface area contributed by atoms with Crippen LogP contribution in [0.15, 0.2) is 47.8 Å². The van der Waals surface area contributed by atoms with Gasteiger partial charge in [-0.2, -0.15) is 0 Å². The molecule has 3 rings (SSSR count). The van der Waals surface area contributed by atoms with E-state index in [-0.39, 0.29) is 0 Å². The Morgan fingerprint density at radius 3 is 2.90 bits per heavy atom. The number of benzene rings is 2. The Labute approximate surface area is 127 Å². The van der Waals surface area contributed by atoms with Gasteiger partial charge in [0.05, 0.1) is 22.5 Å². The summed E-state index contributed by atoms with van der Waals surface area (Å²) in [4.78, 5) is 0. The van der Waals surface area contributed by atoms with Crippen LogP contribution < -0.4 is 10.1 Å².